The van der Waals surface area contributed by atoms with Gasteiger partial charge in [0.2, 0.25) is 0 Å². The van der Waals surface area contributed by atoms with Crippen molar-refractivity contribution in [2.45, 2.75) is 58.8 Å². The van der Waals surface area contributed by atoms with Gasteiger partial charge in [0, 0.05) is 0 Å². The molecule has 0 aromatic heterocycles. The Hall–Kier alpha value is -0.300. The van der Waals surface area contributed by atoms with Crippen molar-refractivity contribution in [2.75, 3.05) is 6.61 Å². The predicted molar refractivity (Wildman–Crippen MR) is 61.9 cm³/mol. The second-order valence-corrected chi connectivity index (χ2v) is 4.12. The van der Waals surface area contributed by atoms with Gasteiger partial charge in [0.15, 0.2) is 0 Å². The molecule has 0 aromatic carbocycles. The lowest BCUT2D eigenvalue weighted by Crippen LogP contribution is -1.95. The topological polar surface area (TPSA) is 19.9 Å². The zero-order chi connectivity index (χ0) is 10.6. The van der Waals surface area contributed by atoms with E-state index in [2.05, 4.69) is 26.0 Å². The van der Waals surface area contributed by atoms with Gasteiger partial charge < -0.3 is 0 Å². The molecule has 0 saturated carbocycles. The van der Waals surface area contributed by atoms with Crippen molar-refractivity contribution in [2.24, 2.45) is 5.92 Å². The molecule has 1 nitrogen and oxygen atoms in total. The van der Waals surface area contributed by atoms with Gasteiger partial charge in [-0.15, -0.1) is 0 Å². The van der Waals surface area contributed by atoms with E-state index in [1.165, 1.54) is 25.7 Å². The number of unbranched alkanes of at least 4 members (excludes halogenated alkanes) is 2. The molecule has 1 atom stereocenters. The maximum absolute atomic E-state index is 10.3. The lowest BCUT2D eigenvalue weighted by Gasteiger charge is -2.08. The Kier molecular flexibility index (Phi) is 10.5. The monoisotopic (exact) mass is 197 g/mol. The Morgan fingerprint density at radius 3 is 2.43 bits per heavy atom. The molecule has 0 rings (SSSR count). The third kappa shape index (κ3) is 9.79. The molecular weight excluding hydrogens is 172 g/mol. The first-order valence-corrected chi connectivity index (χ1v) is 6.04. The SMILES string of the molecule is CCC=CCCCCC(C)CCC[O]. The van der Waals surface area contributed by atoms with Crippen molar-refractivity contribution in [3.63, 3.8) is 0 Å². The van der Waals surface area contributed by atoms with Crippen molar-refractivity contribution in [1.29, 1.82) is 0 Å². The highest BCUT2D eigenvalue weighted by Crippen LogP contribution is 2.14. The van der Waals surface area contributed by atoms with E-state index in [0.717, 1.165) is 25.2 Å². The first kappa shape index (κ1) is 13.7. The van der Waals surface area contributed by atoms with Crippen LogP contribution in [0.3, 0.4) is 0 Å². The second kappa shape index (κ2) is 10.8. The number of hydrogen-bond acceptors (Lipinski definition) is 0. The summed E-state index contributed by atoms with van der Waals surface area (Å²) >= 11 is 0. The molecule has 1 radical (unpaired) electrons. The van der Waals surface area contributed by atoms with Crippen LogP contribution in [0.5, 0.6) is 0 Å². The Bertz CT molecular complexity index is 129. The fourth-order valence-electron chi connectivity index (χ4n) is 1.62. The Balaban J connectivity index is 3.14. The van der Waals surface area contributed by atoms with Crippen LogP contribution in [-0.2, 0) is 5.11 Å². The van der Waals surface area contributed by atoms with Crippen LogP contribution in [0.1, 0.15) is 58.8 Å². The van der Waals surface area contributed by atoms with E-state index in [1.54, 1.807) is 0 Å². The average Bonchev–Trinajstić information content (AvgIpc) is 2.20. The summed E-state index contributed by atoms with van der Waals surface area (Å²) in [5.74, 6) is 0.749. The van der Waals surface area contributed by atoms with Gasteiger partial charge in [-0.25, -0.2) is 5.11 Å². The van der Waals surface area contributed by atoms with Crippen LogP contribution >= 0.6 is 0 Å². The summed E-state index contributed by atoms with van der Waals surface area (Å²) in [6.45, 7) is 4.53. The van der Waals surface area contributed by atoms with Gasteiger partial charge in [-0.05, 0) is 38.0 Å². The highest BCUT2D eigenvalue weighted by atomic mass is 16.2. The second-order valence-electron chi connectivity index (χ2n) is 4.12. The molecule has 0 aromatic rings. The fraction of sp³-hybridized carbons (Fsp3) is 0.846. The van der Waals surface area contributed by atoms with E-state index >= 15 is 0 Å². The van der Waals surface area contributed by atoms with Gasteiger partial charge in [-0.1, -0.05) is 38.8 Å². The normalized spacial score (nSPS) is 13.6. The minimum atomic E-state index is 0.101. The van der Waals surface area contributed by atoms with E-state index in [0.29, 0.717) is 0 Å². The van der Waals surface area contributed by atoms with Crippen LogP contribution in [0, 0.1) is 5.92 Å². The van der Waals surface area contributed by atoms with E-state index < -0.39 is 0 Å². The minimum absolute atomic E-state index is 0.101. The molecule has 0 aliphatic heterocycles. The summed E-state index contributed by atoms with van der Waals surface area (Å²) in [5, 5.41) is 10.3. The third-order valence-electron chi connectivity index (χ3n) is 2.56. The number of hydrogen-bond donors (Lipinski definition) is 0. The minimum Gasteiger partial charge on any atom is -0.237 e. The fourth-order valence-corrected chi connectivity index (χ4v) is 1.62. The summed E-state index contributed by atoms with van der Waals surface area (Å²) in [7, 11) is 0. The molecule has 1 heteroatoms. The molecule has 14 heavy (non-hydrogen) atoms. The largest absolute Gasteiger partial charge is 0.237 e. The zero-order valence-electron chi connectivity index (χ0n) is 9.80. The highest BCUT2D eigenvalue weighted by Gasteiger charge is 2.00. The molecular formula is C13H25O. The first-order chi connectivity index (χ1) is 6.81. The zero-order valence-corrected chi connectivity index (χ0v) is 9.80. The van der Waals surface area contributed by atoms with Gasteiger partial charge in [-0.2, -0.15) is 0 Å². The van der Waals surface area contributed by atoms with Crippen LogP contribution in [-0.4, -0.2) is 6.61 Å². The van der Waals surface area contributed by atoms with Crippen LogP contribution in [0.4, 0.5) is 0 Å². The van der Waals surface area contributed by atoms with Gasteiger partial charge in [0.1, 0.15) is 0 Å². The summed E-state index contributed by atoms with van der Waals surface area (Å²) in [5.41, 5.74) is 0. The predicted octanol–water partition coefficient (Wildman–Crippen LogP) is 4.36. The summed E-state index contributed by atoms with van der Waals surface area (Å²) in [4.78, 5) is 0. The van der Waals surface area contributed by atoms with Crippen LogP contribution in [0.2, 0.25) is 0 Å². The molecule has 0 spiro atoms. The molecule has 0 saturated heterocycles. The summed E-state index contributed by atoms with van der Waals surface area (Å²) < 4.78 is 0. The maximum atomic E-state index is 10.3. The quantitative estimate of drug-likeness (QED) is 0.386. The van der Waals surface area contributed by atoms with Crippen LogP contribution < -0.4 is 0 Å². The standard InChI is InChI=1S/C13H25O/c1-3-4-5-6-7-8-10-13(2)11-9-12-14/h4-5,13H,3,6-12H2,1-2H3. The van der Waals surface area contributed by atoms with Crippen molar-refractivity contribution < 1.29 is 5.11 Å². The molecule has 1 unspecified atom stereocenters. The molecule has 0 bridgehead atoms. The van der Waals surface area contributed by atoms with E-state index in [4.69, 9.17) is 0 Å². The van der Waals surface area contributed by atoms with Crippen molar-refractivity contribution in [3.05, 3.63) is 12.2 Å². The van der Waals surface area contributed by atoms with Gasteiger partial charge in [0.25, 0.3) is 0 Å². The lowest BCUT2D eigenvalue weighted by molar-refractivity contribution is 0.180. The first-order valence-electron chi connectivity index (χ1n) is 6.04. The van der Waals surface area contributed by atoms with Gasteiger partial charge >= 0.3 is 0 Å². The highest BCUT2D eigenvalue weighted by molar-refractivity contribution is 4.79. The lowest BCUT2D eigenvalue weighted by atomic mass is 9.98. The Morgan fingerprint density at radius 1 is 1.07 bits per heavy atom. The van der Waals surface area contributed by atoms with E-state index in [1.807, 2.05) is 0 Å². The summed E-state index contributed by atoms with van der Waals surface area (Å²) in [6, 6.07) is 0. The van der Waals surface area contributed by atoms with Crippen molar-refractivity contribution in [1.82, 2.24) is 0 Å². The third-order valence-corrected chi connectivity index (χ3v) is 2.56. The molecule has 0 aliphatic carbocycles. The molecule has 0 heterocycles. The van der Waals surface area contributed by atoms with Crippen LogP contribution in [0.15, 0.2) is 12.2 Å². The molecule has 0 amide bonds. The van der Waals surface area contributed by atoms with Crippen molar-refractivity contribution >= 4 is 0 Å². The molecule has 0 N–H and O–H groups in total. The number of rotatable bonds is 9. The van der Waals surface area contributed by atoms with Crippen LogP contribution in [0.25, 0.3) is 0 Å². The molecule has 83 valence electrons. The maximum Gasteiger partial charge on any atom is 0.0822 e. The van der Waals surface area contributed by atoms with Crippen molar-refractivity contribution in [3.8, 4) is 0 Å². The van der Waals surface area contributed by atoms with E-state index in [-0.39, 0.29) is 6.61 Å². The smallest absolute Gasteiger partial charge is 0.0822 e. The number of allylic oxidation sites excluding steroid dienone is 2. The molecule has 0 aliphatic rings. The van der Waals surface area contributed by atoms with Gasteiger partial charge in [0.05, 0.1) is 6.61 Å². The molecule has 0 fully saturated rings. The Morgan fingerprint density at radius 2 is 1.79 bits per heavy atom. The van der Waals surface area contributed by atoms with E-state index in [9.17, 15) is 5.11 Å². The van der Waals surface area contributed by atoms with Gasteiger partial charge in [-0.3, -0.25) is 0 Å². The Labute approximate surface area is 89.2 Å². The average molecular weight is 197 g/mol. The summed E-state index contributed by atoms with van der Waals surface area (Å²) in [6.07, 6.45) is 12.8.